The molecule has 0 saturated heterocycles. The molecular weight excluding hydrogens is 689 g/mol. The first-order valence-corrected chi connectivity index (χ1v) is 26.5. The summed E-state index contributed by atoms with van der Waals surface area (Å²) in [5, 5.41) is 0. The van der Waals surface area contributed by atoms with Gasteiger partial charge < -0.3 is 45.2 Å². The van der Waals surface area contributed by atoms with E-state index in [4.69, 9.17) is 35.4 Å². The first-order valence-electron chi connectivity index (χ1n) is 20.0. The summed E-state index contributed by atoms with van der Waals surface area (Å²) in [5.41, 5.74) is 1.87. The molecule has 4 atom stereocenters. The van der Waals surface area contributed by atoms with Crippen molar-refractivity contribution >= 4 is 37.1 Å². The van der Waals surface area contributed by atoms with E-state index in [0.29, 0.717) is 22.2 Å². The van der Waals surface area contributed by atoms with Crippen LogP contribution in [0.4, 0.5) is 0 Å². The molecule has 0 fully saturated rings. The topological polar surface area (TPSA) is 80.3 Å². The molecule has 10 nitrogen and oxygen atoms in total. The first-order chi connectivity index (χ1) is 23.6. The van der Waals surface area contributed by atoms with E-state index in [1.54, 1.807) is 0 Å². The maximum atomic E-state index is 6.09. The highest BCUT2D eigenvalue weighted by molar-refractivity contribution is 6.47. The standard InChI is InChI=1S/C35H82N2O8Si4/c1-13-38-46(39-14-2)32(9)22-28-36(29-23-33(10)47(40-15-3)41-16-4)26-21-27-37(30-24-34(11)48(42-17-5)43-18-6)31-25-35(12)49(44-19-7)45-20-8/h32-35,46-49H,13-31H2,1-12H3. The van der Waals surface area contributed by atoms with Crippen LogP contribution < -0.4 is 0 Å². The lowest BCUT2D eigenvalue weighted by atomic mass is 10.2. The van der Waals surface area contributed by atoms with Crippen LogP contribution in [0.15, 0.2) is 0 Å². The minimum atomic E-state index is -1.68. The minimum absolute atomic E-state index is 0.467. The summed E-state index contributed by atoms with van der Waals surface area (Å²) < 4.78 is 48.7. The van der Waals surface area contributed by atoms with Crippen molar-refractivity contribution < 1.29 is 35.4 Å². The number of hydrogen-bond donors (Lipinski definition) is 0. The molecule has 0 radical (unpaired) electrons. The summed E-state index contributed by atoms with van der Waals surface area (Å²) in [6.45, 7) is 38.2. The van der Waals surface area contributed by atoms with Crippen molar-refractivity contribution in [2.75, 3.05) is 92.1 Å². The molecule has 296 valence electrons. The molecule has 0 spiro atoms. The molecule has 0 heterocycles. The molecule has 0 N–H and O–H groups in total. The summed E-state index contributed by atoms with van der Waals surface area (Å²) in [6.07, 6.45) is 5.54. The van der Waals surface area contributed by atoms with E-state index < -0.39 is 37.1 Å². The number of rotatable bonds is 36. The molecule has 0 saturated carbocycles. The van der Waals surface area contributed by atoms with Gasteiger partial charge in [0.1, 0.15) is 0 Å². The Morgan fingerprint density at radius 3 is 0.673 bits per heavy atom. The quantitative estimate of drug-likeness (QED) is 0.0681. The second kappa shape index (κ2) is 33.1. The predicted molar refractivity (Wildman–Crippen MR) is 215 cm³/mol. The average molecular weight is 771 g/mol. The van der Waals surface area contributed by atoms with E-state index >= 15 is 0 Å². The Kier molecular flexibility index (Phi) is 33.4. The van der Waals surface area contributed by atoms with Crippen molar-refractivity contribution in [1.82, 2.24) is 9.80 Å². The van der Waals surface area contributed by atoms with Crippen LogP contribution in [0.5, 0.6) is 0 Å². The Bertz CT molecular complexity index is 595. The van der Waals surface area contributed by atoms with E-state index in [0.717, 1.165) is 124 Å². The summed E-state index contributed by atoms with van der Waals surface area (Å²) in [5.74, 6) is 0. The van der Waals surface area contributed by atoms with Crippen LogP contribution in [0.2, 0.25) is 22.2 Å². The molecule has 0 aliphatic rings. The lowest BCUT2D eigenvalue weighted by Crippen LogP contribution is -2.37. The largest absolute Gasteiger partial charge is 0.397 e. The second-order valence-corrected chi connectivity index (χ2v) is 23.4. The number of hydrogen-bond acceptors (Lipinski definition) is 10. The highest BCUT2D eigenvalue weighted by atomic mass is 28.3. The predicted octanol–water partition coefficient (Wildman–Crippen LogP) is 6.28. The van der Waals surface area contributed by atoms with E-state index in [2.05, 4.69) is 92.9 Å². The van der Waals surface area contributed by atoms with Crippen LogP contribution in [0, 0.1) is 0 Å². The third-order valence-corrected chi connectivity index (χ3v) is 19.4. The van der Waals surface area contributed by atoms with Crippen molar-refractivity contribution in [1.29, 1.82) is 0 Å². The van der Waals surface area contributed by atoms with Crippen LogP contribution in [0.25, 0.3) is 0 Å². The maximum absolute atomic E-state index is 6.09. The van der Waals surface area contributed by atoms with Gasteiger partial charge in [-0.1, -0.05) is 27.7 Å². The fraction of sp³-hybridized carbons (Fsp3) is 1.00. The zero-order chi connectivity index (χ0) is 36.9. The molecule has 0 bridgehead atoms. The first kappa shape index (κ1) is 49.5. The van der Waals surface area contributed by atoms with Crippen LogP contribution in [-0.2, 0) is 35.4 Å². The zero-order valence-electron chi connectivity index (χ0n) is 34.2. The lowest BCUT2D eigenvalue weighted by Gasteiger charge is -2.31. The van der Waals surface area contributed by atoms with Crippen molar-refractivity contribution in [3.8, 4) is 0 Å². The molecule has 4 unspecified atom stereocenters. The van der Waals surface area contributed by atoms with Gasteiger partial charge in [0.2, 0.25) is 0 Å². The van der Waals surface area contributed by atoms with Crippen LogP contribution in [0.3, 0.4) is 0 Å². The summed E-state index contributed by atoms with van der Waals surface area (Å²) >= 11 is 0. The van der Waals surface area contributed by atoms with Gasteiger partial charge in [-0.3, -0.25) is 0 Å². The maximum Gasteiger partial charge on any atom is 0.324 e. The van der Waals surface area contributed by atoms with Gasteiger partial charge in [0.25, 0.3) is 0 Å². The molecule has 0 aliphatic carbocycles. The highest BCUT2D eigenvalue weighted by Crippen LogP contribution is 2.23. The molecule has 0 amide bonds. The molecule has 0 aromatic carbocycles. The molecular formula is C35H82N2O8Si4. The minimum Gasteiger partial charge on any atom is -0.397 e. The van der Waals surface area contributed by atoms with Gasteiger partial charge in [-0.2, -0.15) is 0 Å². The Morgan fingerprint density at radius 2 is 0.510 bits per heavy atom. The summed E-state index contributed by atoms with van der Waals surface area (Å²) in [6, 6.07) is 0. The lowest BCUT2D eigenvalue weighted by molar-refractivity contribution is 0.182. The van der Waals surface area contributed by atoms with Crippen LogP contribution in [0.1, 0.15) is 115 Å². The van der Waals surface area contributed by atoms with Gasteiger partial charge in [-0.25, -0.2) is 0 Å². The van der Waals surface area contributed by atoms with E-state index in [1.165, 1.54) is 0 Å². The molecule has 49 heavy (non-hydrogen) atoms. The van der Waals surface area contributed by atoms with Crippen molar-refractivity contribution in [2.24, 2.45) is 0 Å². The van der Waals surface area contributed by atoms with E-state index in [1.807, 2.05) is 0 Å². The van der Waals surface area contributed by atoms with Gasteiger partial charge in [-0.05, 0) is 149 Å². The average Bonchev–Trinajstić information content (AvgIpc) is 3.09. The molecule has 0 aromatic heterocycles. The van der Waals surface area contributed by atoms with Crippen LogP contribution in [-0.4, -0.2) is 139 Å². The Balaban J connectivity index is 5.69. The Labute approximate surface area is 310 Å². The third kappa shape index (κ3) is 23.7. The number of nitrogens with zero attached hydrogens (tertiary/aromatic N) is 2. The molecule has 0 aromatic rings. The molecule has 0 aliphatic heterocycles. The SMILES string of the molecule is CCO[SiH](OCC)C(C)CCN(CCCN(CCC(C)[SiH](OCC)OCC)CCC(C)[SiH](OCC)OCC)CCC(C)[SiH](OCC)OCC. The fourth-order valence-corrected chi connectivity index (χ4v) is 13.4. The third-order valence-electron chi connectivity index (χ3n) is 9.06. The van der Waals surface area contributed by atoms with Gasteiger partial charge >= 0.3 is 37.1 Å². The Morgan fingerprint density at radius 1 is 0.327 bits per heavy atom. The fourth-order valence-electron chi connectivity index (χ4n) is 6.10. The summed E-state index contributed by atoms with van der Waals surface area (Å²) in [4.78, 5) is 5.37. The van der Waals surface area contributed by atoms with Crippen molar-refractivity contribution in [3.05, 3.63) is 0 Å². The zero-order valence-corrected chi connectivity index (χ0v) is 38.8. The van der Waals surface area contributed by atoms with E-state index in [-0.39, 0.29) is 0 Å². The normalized spacial score (nSPS) is 15.1. The van der Waals surface area contributed by atoms with Gasteiger partial charge in [0.15, 0.2) is 0 Å². The van der Waals surface area contributed by atoms with Gasteiger partial charge in [-0.15, -0.1) is 0 Å². The van der Waals surface area contributed by atoms with Crippen molar-refractivity contribution in [2.45, 2.75) is 137 Å². The second-order valence-electron chi connectivity index (χ2n) is 13.2. The van der Waals surface area contributed by atoms with E-state index in [9.17, 15) is 0 Å². The Hall–Kier alpha value is 0.468. The van der Waals surface area contributed by atoms with Crippen LogP contribution >= 0.6 is 0 Å². The van der Waals surface area contributed by atoms with Gasteiger partial charge in [0.05, 0.1) is 0 Å². The van der Waals surface area contributed by atoms with Gasteiger partial charge in [0, 0.05) is 52.9 Å². The molecule has 14 heteroatoms. The summed E-state index contributed by atoms with van der Waals surface area (Å²) in [7, 11) is -6.74. The van der Waals surface area contributed by atoms with Crippen molar-refractivity contribution in [3.63, 3.8) is 0 Å². The smallest absolute Gasteiger partial charge is 0.324 e. The highest BCUT2D eigenvalue weighted by Gasteiger charge is 2.27. The monoisotopic (exact) mass is 771 g/mol. The molecule has 0 rings (SSSR count).